The SMILES string of the molecule is CN=C(NCCC(C)C)NCc1ccc(S(=O)(=O)N2CCCCC2)cc1. The summed E-state index contributed by atoms with van der Waals surface area (Å²) in [6.07, 6.45) is 4.10. The third-order valence-corrected chi connectivity index (χ3v) is 6.49. The lowest BCUT2D eigenvalue weighted by Crippen LogP contribution is -2.37. The molecule has 0 unspecified atom stereocenters. The van der Waals surface area contributed by atoms with Crippen molar-refractivity contribution in [3.05, 3.63) is 29.8 Å². The highest BCUT2D eigenvalue weighted by atomic mass is 32.2. The highest BCUT2D eigenvalue weighted by Gasteiger charge is 2.25. The topological polar surface area (TPSA) is 73.8 Å². The zero-order chi connectivity index (χ0) is 19.0. The van der Waals surface area contributed by atoms with Gasteiger partial charge in [-0.15, -0.1) is 0 Å². The van der Waals surface area contributed by atoms with Crippen molar-refractivity contribution in [1.82, 2.24) is 14.9 Å². The van der Waals surface area contributed by atoms with Crippen LogP contribution in [0.2, 0.25) is 0 Å². The number of nitrogens with one attached hydrogen (secondary N) is 2. The molecule has 26 heavy (non-hydrogen) atoms. The maximum atomic E-state index is 12.7. The molecule has 0 radical (unpaired) electrons. The standard InChI is InChI=1S/C19H32N4O2S/c1-16(2)11-12-21-19(20-3)22-15-17-7-9-18(10-8-17)26(24,25)23-13-5-4-6-14-23/h7-10,16H,4-6,11-15H2,1-3H3,(H2,20,21,22). The molecule has 0 atom stereocenters. The number of rotatable bonds is 7. The Labute approximate surface area is 158 Å². The van der Waals surface area contributed by atoms with Gasteiger partial charge in [-0.3, -0.25) is 4.99 Å². The summed E-state index contributed by atoms with van der Waals surface area (Å²) in [7, 11) is -1.61. The van der Waals surface area contributed by atoms with Gasteiger partial charge in [0.2, 0.25) is 10.0 Å². The Morgan fingerprint density at radius 2 is 1.77 bits per heavy atom. The third-order valence-electron chi connectivity index (χ3n) is 4.57. The predicted octanol–water partition coefficient (Wildman–Crippen LogP) is 2.57. The van der Waals surface area contributed by atoms with Gasteiger partial charge in [0.15, 0.2) is 5.96 Å². The van der Waals surface area contributed by atoms with Crippen molar-refractivity contribution in [3.63, 3.8) is 0 Å². The number of benzene rings is 1. The lowest BCUT2D eigenvalue weighted by atomic mass is 10.1. The fraction of sp³-hybridized carbons (Fsp3) is 0.632. The van der Waals surface area contributed by atoms with E-state index >= 15 is 0 Å². The molecule has 1 aromatic carbocycles. The molecule has 1 fully saturated rings. The summed E-state index contributed by atoms with van der Waals surface area (Å²) in [5.41, 5.74) is 1.02. The van der Waals surface area contributed by atoms with Crippen LogP contribution in [0.3, 0.4) is 0 Å². The minimum absolute atomic E-state index is 0.377. The molecular formula is C19H32N4O2S. The molecule has 0 amide bonds. The Bertz CT molecular complexity index is 678. The van der Waals surface area contributed by atoms with Crippen LogP contribution < -0.4 is 10.6 Å². The minimum Gasteiger partial charge on any atom is -0.356 e. The monoisotopic (exact) mass is 380 g/mol. The van der Waals surface area contributed by atoms with Crippen LogP contribution in [0.4, 0.5) is 0 Å². The molecule has 0 spiro atoms. The molecule has 146 valence electrons. The Morgan fingerprint density at radius 1 is 1.12 bits per heavy atom. The van der Waals surface area contributed by atoms with E-state index in [4.69, 9.17) is 0 Å². The van der Waals surface area contributed by atoms with E-state index < -0.39 is 10.0 Å². The summed E-state index contributed by atoms with van der Waals surface area (Å²) in [6, 6.07) is 7.14. The number of hydrogen-bond donors (Lipinski definition) is 2. The van der Waals surface area contributed by atoms with Gasteiger partial charge >= 0.3 is 0 Å². The van der Waals surface area contributed by atoms with Crippen LogP contribution >= 0.6 is 0 Å². The van der Waals surface area contributed by atoms with Crippen LogP contribution in [0, 0.1) is 5.92 Å². The summed E-state index contributed by atoms with van der Waals surface area (Å²) >= 11 is 0. The Morgan fingerprint density at radius 3 is 2.35 bits per heavy atom. The highest BCUT2D eigenvalue weighted by Crippen LogP contribution is 2.20. The first kappa shape index (κ1) is 20.7. The van der Waals surface area contributed by atoms with Crippen LogP contribution in [-0.4, -0.2) is 45.4 Å². The lowest BCUT2D eigenvalue weighted by Gasteiger charge is -2.25. The van der Waals surface area contributed by atoms with Crippen LogP contribution in [0.1, 0.15) is 45.1 Å². The van der Waals surface area contributed by atoms with Gasteiger partial charge in [-0.1, -0.05) is 32.4 Å². The zero-order valence-electron chi connectivity index (χ0n) is 16.2. The van der Waals surface area contributed by atoms with E-state index in [9.17, 15) is 8.42 Å². The summed E-state index contributed by atoms with van der Waals surface area (Å²) in [6.45, 7) is 7.12. The van der Waals surface area contributed by atoms with Crippen molar-refractivity contribution in [2.75, 3.05) is 26.7 Å². The fourth-order valence-corrected chi connectivity index (χ4v) is 4.44. The Hall–Kier alpha value is -1.60. The number of aliphatic imine (C=N–C) groups is 1. The second-order valence-corrected chi connectivity index (χ2v) is 9.08. The van der Waals surface area contributed by atoms with Gasteiger partial charge in [0, 0.05) is 33.2 Å². The van der Waals surface area contributed by atoms with Crippen molar-refractivity contribution >= 4 is 16.0 Å². The van der Waals surface area contributed by atoms with Crippen molar-refractivity contribution < 1.29 is 8.42 Å². The Balaban J connectivity index is 1.90. The molecule has 0 aliphatic carbocycles. The van der Waals surface area contributed by atoms with E-state index in [1.54, 1.807) is 23.5 Å². The highest BCUT2D eigenvalue weighted by molar-refractivity contribution is 7.89. The van der Waals surface area contributed by atoms with Gasteiger partial charge in [-0.05, 0) is 42.9 Å². The van der Waals surface area contributed by atoms with Crippen molar-refractivity contribution in [2.45, 2.75) is 51.0 Å². The number of hydrogen-bond acceptors (Lipinski definition) is 3. The first-order valence-corrected chi connectivity index (χ1v) is 10.9. The van der Waals surface area contributed by atoms with Gasteiger partial charge in [0.25, 0.3) is 0 Å². The van der Waals surface area contributed by atoms with Crippen LogP contribution in [0.25, 0.3) is 0 Å². The van der Waals surface area contributed by atoms with Crippen molar-refractivity contribution in [2.24, 2.45) is 10.9 Å². The van der Waals surface area contributed by atoms with E-state index in [0.29, 0.717) is 30.4 Å². The first-order valence-electron chi connectivity index (χ1n) is 9.47. The smallest absolute Gasteiger partial charge is 0.243 e. The van der Waals surface area contributed by atoms with Crippen molar-refractivity contribution in [3.8, 4) is 0 Å². The molecule has 1 aliphatic heterocycles. The summed E-state index contributed by atoms with van der Waals surface area (Å²) < 4.78 is 26.9. The summed E-state index contributed by atoms with van der Waals surface area (Å²) in [4.78, 5) is 4.59. The average molecular weight is 381 g/mol. The lowest BCUT2D eigenvalue weighted by molar-refractivity contribution is 0.346. The minimum atomic E-state index is -3.36. The number of sulfonamides is 1. The molecule has 7 heteroatoms. The third kappa shape index (κ3) is 5.99. The number of guanidine groups is 1. The quantitative estimate of drug-likeness (QED) is 0.563. The van der Waals surface area contributed by atoms with Gasteiger partial charge in [-0.2, -0.15) is 4.31 Å². The maximum Gasteiger partial charge on any atom is 0.243 e. The number of nitrogens with zero attached hydrogens (tertiary/aromatic N) is 2. The number of piperidine rings is 1. The van der Waals surface area contributed by atoms with Gasteiger partial charge in [-0.25, -0.2) is 8.42 Å². The molecule has 0 bridgehead atoms. The second kappa shape index (κ2) is 9.92. The first-order chi connectivity index (χ1) is 12.4. The summed E-state index contributed by atoms with van der Waals surface area (Å²) in [5, 5.41) is 6.55. The van der Waals surface area contributed by atoms with Crippen LogP contribution in [0.5, 0.6) is 0 Å². The predicted molar refractivity (Wildman–Crippen MR) is 107 cm³/mol. The molecular weight excluding hydrogens is 348 g/mol. The Kier molecular flexibility index (Phi) is 7.90. The van der Waals surface area contributed by atoms with E-state index in [-0.39, 0.29) is 0 Å². The molecule has 2 N–H and O–H groups in total. The summed E-state index contributed by atoms with van der Waals surface area (Å²) in [5.74, 6) is 1.41. The molecule has 1 aromatic rings. The molecule has 2 rings (SSSR count). The largest absolute Gasteiger partial charge is 0.356 e. The van der Waals surface area contributed by atoms with E-state index in [1.807, 2.05) is 12.1 Å². The molecule has 1 aliphatic rings. The van der Waals surface area contributed by atoms with Gasteiger partial charge < -0.3 is 10.6 Å². The van der Waals surface area contributed by atoms with Crippen LogP contribution in [-0.2, 0) is 16.6 Å². The van der Waals surface area contributed by atoms with E-state index in [2.05, 4.69) is 29.5 Å². The van der Waals surface area contributed by atoms with Gasteiger partial charge in [0.1, 0.15) is 0 Å². The molecule has 1 heterocycles. The van der Waals surface area contributed by atoms with E-state index in [0.717, 1.165) is 43.8 Å². The molecule has 1 saturated heterocycles. The maximum absolute atomic E-state index is 12.7. The van der Waals surface area contributed by atoms with Gasteiger partial charge in [0.05, 0.1) is 4.90 Å². The fourth-order valence-electron chi connectivity index (χ4n) is 2.92. The molecule has 0 saturated carbocycles. The normalized spacial score (nSPS) is 16.7. The van der Waals surface area contributed by atoms with Crippen LogP contribution in [0.15, 0.2) is 34.2 Å². The van der Waals surface area contributed by atoms with Crippen molar-refractivity contribution in [1.29, 1.82) is 0 Å². The molecule has 6 nitrogen and oxygen atoms in total. The zero-order valence-corrected chi connectivity index (χ0v) is 17.0. The second-order valence-electron chi connectivity index (χ2n) is 7.14. The van der Waals surface area contributed by atoms with E-state index in [1.165, 1.54) is 0 Å². The molecule has 0 aromatic heterocycles. The average Bonchev–Trinajstić information content (AvgIpc) is 2.65.